The van der Waals surface area contributed by atoms with Crippen LogP contribution in [0.25, 0.3) is 11.3 Å². The Balaban J connectivity index is 1.62. The average molecular weight is 329 g/mol. The molecule has 1 saturated heterocycles. The lowest BCUT2D eigenvalue weighted by molar-refractivity contribution is -0.117. The minimum Gasteiger partial charge on any atom is -0.325 e. The van der Waals surface area contributed by atoms with E-state index in [0.717, 1.165) is 35.0 Å². The second kappa shape index (κ2) is 7.23. The van der Waals surface area contributed by atoms with Crippen molar-refractivity contribution in [2.45, 2.75) is 26.7 Å². The number of amides is 1. The molecule has 0 spiro atoms. The zero-order valence-electron chi connectivity index (χ0n) is 13.7. The minimum atomic E-state index is 0.0608. The molecular weight excluding hydrogens is 306 g/mol. The van der Waals surface area contributed by atoms with Crippen LogP contribution in [-0.2, 0) is 4.79 Å². The molecule has 1 aliphatic rings. The van der Waals surface area contributed by atoms with E-state index in [1.165, 1.54) is 12.8 Å². The van der Waals surface area contributed by atoms with Crippen molar-refractivity contribution in [3.63, 3.8) is 0 Å². The van der Waals surface area contributed by atoms with Gasteiger partial charge in [-0.15, -0.1) is 11.3 Å². The summed E-state index contributed by atoms with van der Waals surface area (Å²) in [6.45, 7) is 6.77. The number of aromatic nitrogens is 1. The van der Waals surface area contributed by atoms with Crippen LogP contribution in [0, 0.1) is 12.8 Å². The predicted molar refractivity (Wildman–Crippen MR) is 95.8 cm³/mol. The summed E-state index contributed by atoms with van der Waals surface area (Å²) in [5.74, 6) is 0.749. The first-order chi connectivity index (χ1) is 11.1. The molecule has 2 aromatic rings. The maximum absolute atomic E-state index is 12.3. The third-order valence-electron chi connectivity index (χ3n) is 4.17. The SMILES string of the molecule is Cc1nc(-c2cccc(NC(=O)CN3CCCC(C)C3)c2)cs1. The second-order valence-electron chi connectivity index (χ2n) is 6.36. The Morgan fingerprint density at radius 1 is 1.48 bits per heavy atom. The summed E-state index contributed by atoms with van der Waals surface area (Å²) in [5, 5.41) is 6.11. The van der Waals surface area contributed by atoms with E-state index < -0.39 is 0 Å². The summed E-state index contributed by atoms with van der Waals surface area (Å²) in [6, 6.07) is 7.91. The first kappa shape index (κ1) is 16.1. The molecular formula is C18H23N3OS. The van der Waals surface area contributed by atoms with Gasteiger partial charge in [0.25, 0.3) is 0 Å². The summed E-state index contributed by atoms with van der Waals surface area (Å²) < 4.78 is 0. The number of piperidine rings is 1. The third-order valence-corrected chi connectivity index (χ3v) is 4.94. The zero-order chi connectivity index (χ0) is 16.2. The van der Waals surface area contributed by atoms with Crippen LogP contribution in [-0.4, -0.2) is 35.4 Å². The molecule has 1 amide bonds. The van der Waals surface area contributed by atoms with Crippen molar-refractivity contribution in [3.8, 4) is 11.3 Å². The predicted octanol–water partition coefficient (Wildman–Crippen LogP) is 3.79. The first-order valence-corrected chi connectivity index (χ1v) is 9.03. The number of hydrogen-bond donors (Lipinski definition) is 1. The average Bonchev–Trinajstić information content (AvgIpc) is 2.94. The molecule has 4 nitrogen and oxygen atoms in total. The van der Waals surface area contributed by atoms with Crippen molar-refractivity contribution >= 4 is 22.9 Å². The van der Waals surface area contributed by atoms with Crippen molar-refractivity contribution in [3.05, 3.63) is 34.7 Å². The number of likely N-dealkylation sites (tertiary alicyclic amines) is 1. The van der Waals surface area contributed by atoms with Crippen LogP contribution < -0.4 is 5.32 Å². The Labute approximate surface area is 141 Å². The Morgan fingerprint density at radius 2 is 2.35 bits per heavy atom. The van der Waals surface area contributed by atoms with Gasteiger partial charge in [0.1, 0.15) is 0 Å². The van der Waals surface area contributed by atoms with Gasteiger partial charge in [-0.05, 0) is 44.4 Å². The van der Waals surface area contributed by atoms with Crippen LogP contribution in [0.4, 0.5) is 5.69 Å². The fourth-order valence-corrected chi connectivity index (χ4v) is 3.71. The topological polar surface area (TPSA) is 45.2 Å². The minimum absolute atomic E-state index is 0.0608. The van der Waals surface area contributed by atoms with Crippen molar-refractivity contribution in [1.82, 2.24) is 9.88 Å². The van der Waals surface area contributed by atoms with Gasteiger partial charge in [0.05, 0.1) is 17.2 Å². The molecule has 1 aliphatic heterocycles. The van der Waals surface area contributed by atoms with E-state index in [9.17, 15) is 4.79 Å². The van der Waals surface area contributed by atoms with E-state index in [1.807, 2.05) is 36.6 Å². The van der Waals surface area contributed by atoms with E-state index in [4.69, 9.17) is 0 Å². The van der Waals surface area contributed by atoms with Crippen LogP contribution in [0.1, 0.15) is 24.8 Å². The lowest BCUT2D eigenvalue weighted by Gasteiger charge is -2.30. The van der Waals surface area contributed by atoms with Crippen LogP contribution in [0.3, 0.4) is 0 Å². The summed E-state index contributed by atoms with van der Waals surface area (Å²) in [7, 11) is 0. The number of carbonyl (C=O) groups is 1. The normalized spacial score (nSPS) is 18.8. The van der Waals surface area contributed by atoms with Crippen LogP contribution in [0.5, 0.6) is 0 Å². The Hall–Kier alpha value is -1.72. The van der Waals surface area contributed by atoms with Crippen LogP contribution in [0.15, 0.2) is 29.6 Å². The van der Waals surface area contributed by atoms with Gasteiger partial charge in [-0.1, -0.05) is 19.1 Å². The number of carbonyl (C=O) groups excluding carboxylic acids is 1. The van der Waals surface area contributed by atoms with E-state index in [2.05, 4.69) is 22.1 Å². The smallest absolute Gasteiger partial charge is 0.238 e. The van der Waals surface area contributed by atoms with Gasteiger partial charge >= 0.3 is 0 Å². The van der Waals surface area contributed by atoms with Crippen LogP contribution >= 0.6 is 11.3 Å². The van der Waals surface area contributed by atoms with Crippen molar-refractivity contribution < 1.29 is 4.79 Å². The molecule has 1 atom stereocenters. The fourth-order valence-electron chi connectivity index (χ4n) is 3.09. The number of anilines is 1. The summed E-state index contributed by atoms with van der Waals surface area (Å²) in [4.78, 5) is 19.0. The summed E-state index contributed by atoms with van der Waals surface area (Å²) >= 11 is 1.64. The van der Waals surface area contributed by atoms with E-state index in [-0.39, 0.29) is 5.91 Å². The highest BCUT2D eigenvalue weighted by molar-refractivity contribution is 7.09. The molecule has 2 heterocycles. The largest absolute Gasteiger partial charge is 0.325 e. The Kier molecular flexibility index (Phi) is 5.08. The third kappa shape index (κ3) is 4.39. The maximum atomic E-state index is 12.3. The number of aryl methyl sites for hydroxylation is 1. The highest BCUT2D eigenvalue weighted by atomic mass is 32.1. The van der Waals surface area contributed by atoms with Gasteiger partial charge in [-0.2, -0.15) is 0 Å². The number of hydrogen-bond acceptors (Lipinski definition) is 4. The molecule has 1 aromatic carbocycles. The van der Waals surface area contributed by atoms with Gasteiger partial charge in [0.15, 0.2) is 0 Å². The monoisotopic (exact) mass is 329 g/mol. The molecule has 1 unspecified atom stereocenters. The quantitative estimate of drug-likeness (QED) is 0.928. The lowest BCUT2D eigenvalue weighted by atomic mass is 10.0. The van der Waals surface area contributed by atoms with Crippen molar-refractivity contribution in [2.75, 3.05) is 25.0 Å². The number of nitrogens with zero attached hydrogens (tertiary/aromatic N) is 2. The molecule has 1 aromatic heterocycles. The molecule has 1 fully saturated rings. The second-order valence-corrected chi connectivity index (χ2v) is 7.43. The molecule has 0 saturated carbocycles. The molecule has 23 heavy (non-hydrogen) atoms. The molecule has 0 radical (unpaired) electrons. The summed E-state index contributed by atoms with van der Waals surface area (Å²) in [5.41, 5.74) is 2.84. The highest BCUT2D eigenvalue weighted by Crippen LogP contribution is 2.24. The van der Waals surface area contributed by atoms with Gasteiger partial charge in [0.2, 0.25) is 5.91 Å². The van der Waals surface area contributed by atoms with E-state index in [0.29, 0.717) is 12.5 Å². The number of thiazole rings is 1. The van der Waals surface area contributed by atoms with Crippen molar-refractivity contribution in [1.29, 1.82) is 0 Å². The van der Waals surface area contributed by atoms with Gasteiger partial charge in [-0.25, -0.2) is 4.98 Å². The van der Waals surface area contributed by atoms with Crippen LogP contribution in [0.2, 0.25) is 0 Å². The zero-order valence-corrected chi connectivity index (χ0v) is 14.5. The fraction of sp³-hybridized carbons (Fsp3) is 0.444. The number of nitrogens with one attached hydrogen (secondary N) is 1. The highest BCUT2D eigenvalue weighted by Gasteiger charge is 2.18. The standard InChI is InChI=1S/C18H23N3OS/c1-13-5-4-8-21(10-13)11-18(22)20-16-7-3-6-15(9-16)17-12-23-14(2)19-17/h3,6-7,9,12-13H,4-5,8,10-11H2,1-2H3,(H,20,22). The van der Waals surface area contributed by atoms with E-state index in [1.54, 1.807) is 11.3 Å². The molecule has 3 rings (SSSR count). The molecule has 0 bridgehead atoms. The number of benzene rings is 1. The Bertz CT molecular complexity index is 682. The Morgan fingerprint density at radius 3 is 3.09 bits per heavy atom. The van der Waals surface area contributed by atoms with Gasteiger partial charge < -0.3 is 5.32 Å². The molecule has 122 valence electrons. The van der Waals surface area contributed by atoms with Gasteiger partial charge in [-0.3, -0.25) is 9.69 Å². The molecule has 0 aliphatic carbocycles. The summed E-state index contributed by atoms with van der Waals surface area (Å²) in [6.07, 6.45) is 2.46. The molecule has 1 N–H and O–H groups in total. The number of rotatable bonds is 4. The molecule has 5 heteroatoms. The van der Waals surface area contributed by atoms with E-state index >= 15 is 0 Å². The maximum Gasteiger partial charge on any atom is 0.238 e. The first-order valence-electron chi connectivity index (χ1n) is 8.15. The lowest BCUT2D eigenvalue weighted by Crippen LogP contribution is -2.39. The van der Waals surface area contributed by atoms with Crippen molar-refractivity contribution in [2.24, 2.45) is 5.92 Å². The van der Waals surface area contributed by atoms with Gasteiger partial charge in [0, 0.05) is 23.2 Å².